The van der Waals surface area contributed by atoms with E-state index in [0.29, 0.717) is 28.8 Å². The first-order valence-electron chi connectivity index (χ1n) is 8.73. The fourth-order valence-electron chi connectivity index (χ4n) is 2.50. The van der Waals surface area contributed by atoms with Gasteiger partial charge in [0.25, 0.3) is 10.0 Å². The number of unbranched alkanes of at least 4 members (excludes halogenated alkanes) is 1. The van der Waals surface area contributed by atoms with Gasteiger partial charge in [-0.15, -0.1) is 0 Å². The highest BCUT2D eigenvalue weighted by atomic mass is 32.2. The Hall–Kier alpha value is -3.13. The van der Waals surface area contributed by atoms with Gasteiger partial charge in [-0.3, -0.25) is 4.72 Å². The minimum Gasteiger partial charge on any atom is -0.462 e. The minimum atomic E-state index is -3.85. The van der Waals surface area contributed by atoms with Gasteiger partial charge in [0.05, 0.1) is 17.1 Å². The first-order chi connectivity index (χ1) is 13.4. The summed E-state index contributed by atoms with van der Waals surface area (Å²) in [6.45, 7) is 2.35. The van der Waals surface area contributed by atoms with Crippen LogP contribution in [0.3, 0.4) is 0 Å². The molecule has 0 aliphatic rings. The average Bonchev–Trinajstić information content (AvgIpc) is 2.68. The van der Waals surface area contributed by atoms with Crippen molar-refractivity contribution >= 4 is 32.6 Å². The summed E-state index contributed by atoms with van der Waals surface area (Å²) in [5.41, 5.74) is 0.455. The predicted molar refractivity (Wildman–Crippen MR) is 105 cm³/mol. The topological polar surface area (TPSA) is 103 Å². The van der Waals surface area contributed by atoms with Crippen LogP contribution in [0.4, 0.5) is 5.69 Å². The second-order valence-corrected chi connectivity index (χ2v) is 7.81. The normalized spacial score (nSPS) is 11.3. The molecule has 0 saturated carbocycles. The van der Waals surface area contributed by atoms with E-state index in [1.165, 1.54) is 54.6 Å². The SMILES string of the molecule is CCCCOC(=O)c1ccc(NS(=O)(=O)c2ccc3oc(=O)ccc3c2)cc1. The van der Waals surface area contributed by atoms with E-state index in [-0.39, 0.29) is 4.90 Å². The molecule has 0 fully saturated rings. The summed E-state index contributed by atoms with van der Waals surface area (Å²) >= 11 is 0. The number of sulfonamides is 1. The number of benzene rings is 2. The lowest BCUT2D eigenvalue weighted by atomic mass is 10.2. The molecule has 0 aliphatic heterocycles. The number of rotatable bonds is 7. The number of carbonyl (C=O) groups is 1. The van der Waals surface area contributed by atoms with Crippen molar-refractivity contribution in [3.05, 3.63) is 70.6 Å². The molecule has 1 heterocycles. The third-order valence-electron chi connectivity index (χ3n) is 4.00. The van der Waals surface area contributed by atoms with Crippen molar-refractivity contribution in [2.45, 2.75) is 24.7 Å². The van der Waals surface area contributed by atoms with Gasteiger partial charge in [0.15, 0.2) is 0 Å². The van der Waals surface area contributed by atoms with Crippen molar-refractivity contribution in [1.29, 1.82) is 0 Å². The molecule has 0 saturated heterocycles. The summed E-state index contributed by atoms with van der Waals surface area (Å²) in [6.07, 6.45) is 1.72. The molecule has 0 bridgehead atoms. The molecule has 1 N–H and O–H groups in total. The monoisotopic (exact) mass is 401 g/mol. The van der Waals surface area contributed by atoms with Crippen LogP contribution < -0.4 is 10.3 Å². The van der Waals surface area contributed by atoms with Crippen molar-refractivity contribution in [3.63, 3.8) is 0 Å². The molecule has 28 heavy (non-hydrogen) atoms. The average molecular weight is 401 g/mol. The molecule has 7 nitrogen and oxygen atoms in total. The molecule has 0 atom stereocenters. The lowest BCUT2D eigenvalue weighted by Crippen LogP contribution is -2.13. The molecule has 0 unspecified atom stereocenters. The smallest absolute Gasteiger partial charge is 0.338 e. The first-order valence-corrected chi connectivity index (χ1v) is 10.2. The van der Waals surface area contributed by atoms with E-state index < -0.39 is 21.6 Å². The van der Waals surface area contributed by atoms with E-state index in [2.05, 4.69) is 4.72 Å². The van der Waals surface area contributed by atoms with Crippen LogP contribution in [0.15, 0.2) is 68.7 Å². The van der Waals surface area contributed by atoms with Crippen LogP contribution in [0.2, 0.25) is 0 Å². The summed E-state index contributed by atoms with van der Waals surface area (Å²) in [7, 11) is -3.85. The van der Waals surface area contributed by atoms with Crippen LogP contribution in [0.5, 0.6) is 0 Å². The van der Waals surface area contributed by atoms with Crippen LogP contribution in [0.1, 0.15) is 30.1 Å². The lowest BCUT2D eigenvalue weighted by Gasteiger charge is -2.09. The Morgan fingerprint density at radius 2 is 1.82 bits per heavy atom. The third-order valence-corrected chi connectivity index (χ3v) is 5.38. The largest absolute Gasteiger partial charge is 0.462 e. The highest BCUT2D eigenvalue weighted by Gasteiger charge is 2.16. The Morgan fingerprint density at radius 1 is 1.07 bits per heavy atom. The van der Waals surface area contributed by atoms with Crippen LogP contribution in [-0.4, -0.2) is 21.0 Å². The maximum absolute atomic E-state index is 12.6. The van der Waals surface area contributed by atoms with E-state index in [9.17, 15) is 18.0 Å². The molecule has 0 spiro atoms. The van der Waals surface area contributed by atoms with Crippen molar-refractivity contribution in [2.75, 3.05) is 11.3 Å². The third kappa shape index (κ3) is 4.58. The molecule has 8 heteroatoms. The highest BCUT2D eigenvalue weighted by Crippen LogP contribution is 2.21. The van der Waals surface area contributed by atoms with Crippen molar-refractivity contribution in [1.82, 2.24) is 0 Å². The van der Waals surface area contributed by atoms with Gasteiger partial charge in [0, 0.05) is 17.1 Å². The van der Waals surface area contributed by atoms with Crippen LogP contribution in [0.25, 0.3) is 11.0 Å². The maximum Gasteiger partial charge on any atom is 0.338 e. The summed E-state index contributed by atoms with van der Waals surface area (Å²) in [5, 5.41) is 0.493. The summed E-state index contributed by atoms with van der Waals surface area (Å²) in [5.74, 6) is -0.445. The molecule has 3 aromatic rings. The van der Waals surface area contributed by atoms with E-state index in [1.54, 1.807) is 0 Å². The zero-order valence-electron chi connectivity index (χ0n) is 15.2. The number of anilines is 1. The minimum absolute atomic E-state index is 0.0249. The number of fused-ring (bicyclic) bond motifs is 1. The Morgan fingerprint density at radius 3 is 2.54 bits per heavy atom. The molecular formula is C20H19NO6S. The van der Waals surface area contributed by atoms with Gasteiger partial charge in [0.2, 0.25) is 0 Å². The van der Waals surface area contributed by atoms with Gasteiger partial charge in [-0.05, 0) is 55.0 Å². The second-order valence-electron chi connectivity index (χ2n) is 6.13. The van der Waals surface area contributed by atoms with Gasteiger partial charge in [-0.1, -0.05) is 13.3 Å². The number of carbonyl (C=O) groups excluding carboxylic acids is 1. The van der Waals surface area contributed by atoms with Crippen molar-refractivity contribution in [3.8, 4) is 0 Å². The fourth-order valence-corrected chi connectivity index (χ4v) is 3.59. The summed E-state index contributed by atoms with van der Waals surface area (Å²) in [4.78, 5) is 23.1. The van der Waals surface area contributed by atoms with Crippen molar-refractivity contribution in [2.24, 2.45) is 0 Å². The predicted octanol–water partition coefficient (Wildman–Crippen LogP) is 3.55. The molecule has 0 radical (unpaired) electrons. The summed E-state index contributed by atoms with van der Waals surface area (Å²) < 4.78 is 37.8. The van der Waals surface area contributed by atoms with Gasteiger partial charge >= 0.3 is 11.6 Å². The van der Waals surface area contributed by atoms with Crippen LogP contribution in [0, 0.1) is 0 Å². The fraction of sp³-hybridized carbons (Fsp3) is 0.200. The molecule has 0 amide bonds. The zero-order chi connectivity index (χ0) is 20.1. The lowest BCUT2D eigenvalue weighted by molar-refractivity contribution is 0.0500. The Balaban J connectivity index is 1.76. The van der Waals surface area contributed by atoms with Crippen molar-refractivity contribution < 1.29 is 22.4 Å². The van der Waals surface area contributed by atoms with Gasteiger partial charge in [0.1, 0.15) is 5.58 Å². The molecule has 3 rings (SSSR count). The molecule has 1 aromatic heterocycles. The zero-order valence-corrected chi connectivity index (χ0v) is 16.0. The highest BCUT2D eigenvalue weighted by molar-refractivity contribution is 7.92. The Bertz CT molecular complexity index is 1150. The van der Waals surface area contributed by atoms with E-state index in [1.807, 2.05) is 6.92 Å². The molecular weight excluding hydrogens is 382 g/mol. The van der Waals surface area contributed by atoms with E-state index >= 15 is 0 Å². The van der Waals surface area contributed by atoms with Gasteiger partial charge < -0.3 is 9.15 Å². The number of hydrogen-bond acceptors (Lipinski definition) is 6. The second kappa shape index (κ2) is 8.26. The van der Waals surface area contributed by atoms with E-state index in [0.717, 1.165) is 12.8 Å². The van der Waals surface area contributed by atoms with Crippen LogP contribution >= 0.6 is 0 Å². The Labute approximate surface area is 162 Å². The first kappa shape index (κ1) is 19.6. The standard InChI is InChI=1S/C20H19NO6S/c1-2-3-12-26-20(23)14-4-7-16(8-5-14)21-28(24,25)17-9-10-18-15(13-17)6-11-19(22)27-18/h4-11,13,21H,2-3,12H2,1H3. The molecule has 2 aromatic carbocycles. The Kier molecular flexibility index (Phi) is 5.79. The maximum atomic E-state index is 12.6. The van der Waals surface area contributed by atoms with Crippen LogP contribution in [-0.2, 0) is 14.8 Å². The summed E-state index contributed by atoms with van der Waals surface area (Å²) in [6, 6.07) is 12.9. The van der Waals surface area contributed by atoms with E-state index in [4.69, 9.17) is 9.15 Å². The number of nitrogens with one attached hydrogen (secondary N) is 1. The molecule has 0 aliphatic carbocycles. The van der Waals surface area contributed by atoms with Gasteiger partial charge in [-0.25, -0.2) is 18.0 Å². The quantitative estimate of drug-likeness (QED) is 0.369. The van der Waals surface area contributed by atoms with Gasteiger partial charge in [-0.2, -0.15) is 0 Å². The number of ether oxygens (including phenoxy) is 1. The molecule has 146 valence electrons. The number of esters is 1. The number of hydrogen-bond donors (Lipinski definition) is 1.